The van der Waals surface area contributed by atoms with Crippen LogP contribution in [-0.4, -0.2) is 54.4 Å². The largest absolute Gasteiger partial charge is 0.474 e. The van der Waals surface area contributed by atoms with Crippen molar-refractivity contribution in [3.63, 3.8) is 0 Å². The van der Waals surface area contributed by atoms with Crippen LogP contribution >= 0.6 is 0 Å². The van der Waals surface area contributed by atoms with Gasteiger partial charge < -0.3 is 19.1 Å². The summed E-state index contributed by atoms with van der Waals surface area (Å²) in [5.74, 6) is 0.0224. The van der Waals surface area contributed by atoms with Crippen LogP contribution in [0.25, 0.3) is 0 Å². The molecule has 0 radical (unpaired) electrons. The number of carbonyl (C=O) groups is 2. The van der Waals surface area contributed by atoms with E-state index in [-0.39, 0.29) is 18.0 Å². The minimum atomic E-state index is -0.484. The summed E-state index contributed by atoms with van der Waals surface area (Å²) in [5, 5.41) is 0. The Bertz CT molecular complexity index is 537. The van der Waals surface area contributed by atoms with Gasteiger partial charge in [-0.05, 0) is 26.8 Å². The summed E-state index contributed by atoms with van der Waals surface area (Å²) in [6.07, 6.45) is 2.24. The number of aromatic nitrogens is 1. The molecule has 0 bridgehead atoms. The zero-order chi connectivity index (χ0) is 18.9. The van der Waals surface area contributed by atoms with Gasteiger partial charge in [-0.25, -0.2) is 14.2 Å². The second kappa shape index (κ2) is 9.80. The molecule has 140 valence electrons. The smallest absolute Gasteiger partial charge is 0.410 e. The number of likely N-dealkylation sites (tertiary alicyclic amines) is 1. The van der Waals surface area contributed by atoms with Crippen LogP contribution in [0.5, 0.6) is 5.88 Å². The van der Waals surface area contributed by atoms with Gasteiger partial charge in [-0.15, -0.1) is 0 Å². The number of methoxy groups -OCH3 is 1. The number of nitrogens with zero attached hydrogens (tertiary/aromatic N) is 2. The zero-order valence-corrected chi connectivity index (χ0v) is 15.0. The average Bonchev–Trinajstić information content (AvgIpc) is 2.56. The predicted octanol–water partition coefficient (Wildman–Crippen LogP) is 2.79. The summed E-state index contributed by atoms with van der Waals surface area (Å²) < 4.78 is 27.6. The molecule has 0 unspecified atom stereocenters. The van der Waals surface area contributed by atoms with Crippen molar-refractivity contribution in [1.29, 1.82) is 0 Å². The number of carbonyl (C=O) groups excluding carboxylic acids is 2. The third-order valence-corrected chi connectivity index (χ3v) is 3.18. The first-order chi connectivity index (χ1) is 11.7. The fraction of sp³-hybridized carbons (Fsp3) is 0.588. The van der Waals surface area contributed by atoms with Crippen molar-refractivity contribution in [1.82, 2.24) is 9.88 Å². The molecule has 0 N–H and O–H groups in total. The number of pyridine rings is 1. The van der Waals surface area contributed by atoms with Gasteiger partial charge in [0.25, 0.3) is 6.47 Å². The summed E-state index contributed by atoms with van der Waals surface area (Å²) in [4.78, 5) is 26.4. The predicted molar refractivity (Wildman–Crippen MR) is 88.7 cm³/mol. The van der Waals surface area contributed by atoms with Crippen LogP contribution in [0.4, 0.5) is 9.18 Å². The van der Waals surface area contributed by atoms with E-state index in [1.165, 1.54) is 19.2 Å². The molecule has 1 aromatic heterocycles. The third kappa shape index (κ3) is 8.32. The van der Waals surface area contributed by atoms with Gasteiger partial charge in [0.15, 0.2) is 0 Å². The highest BCUT2D eigenvalue weighted by atomic mass is 19.1. The topological polar surface area (TPSA) is 78.0 Å². The molecule has 1 aromatic rings. The summed E-state index contributed by atoms with van der Waals surface area (Å²) in [5.41, 5.74) is -0.484. The van der Waals surface area contributed by atoms with Crippen LogP contribution in [0.2, 0.25) is 0 Å². The van der Waals surface area contributed by atoms with Gasteiger partial charge in [-0.3, -0.25) is 4.79 Å². The van der Waals surface area contributed by atoms with Gasteiger partial charge in [-0.2, -0.15) is 0 Å². The maximum atomic E-state index is 12.8. The summed E-state index contributed by atoms with van der Waals surface area (Å²) in [6, 6.07) is 2.83. The molecule has 0 saturated carbocycles. The van der Waals surface area contributed by atoms with Crippen molar-refractivity contribution < 1.29 is 28.2 Å². The van der Waals surface area contributed by atoms with Crippen LogP contribution in [0.1, 0.15) is 33.6 Å². The van der Waals surface area contributed by atoms with Crippen molar-refractivity contribution >= 4 is 12.6 Å². The molecule has 1 amide bonds. The van der Waals surface area contributed by atoms with E-state index < -0.39 is 5.60 Å². The molecule has 25 heavy (non-hydrogen) atoms. The summed E-state index contributed by atoms with van der Waals surface area (Å²) in [7, 11) is 1.31. The highest BCUT2D eigenvalue weighted by Crippen LogP contribution is 2.19. The fourth-order valence-corrected chi connectivity index (χ4v) is 2.09. The van der Waals surface area contributed by atoms with Crippen LogP contribution in [0.15, 0.2) is 18.3 Å². The van der Waals surface area contributed by atoms with Crippen LogP contribution in [0.3, 0.4) is 0 Å². The lowest BCUT2D eigenvalue weighted by Crippen LogP contribution is -2.44. The molecule has 0 spiro atoms. The molecule has 1 aliphatic rings. The van der Waals surface area contributed by atoms with Gasteiger partial charge in [0.05, 0.1) is 13.3 Å². The molecule has 0 atom stereocenters. The fourth-order valence-electron chi connectivity index (χ4n) is 2.09. The quantitative estimate of drug-likeness (QED) is 0.775. The first kappa shape index (κ1) is 20.7. The van der Waals surface area contributed by atoms with Crippen molar-refractivity contribution in [2.45, 2.75) is 45.3 Å². The molecule has 1 fully saturated rings. The molecule has 1 aliphatic heterocycles. The second-order valence-electron chi connectivity index (χ2n) is 6.43. The standard InChI is InChI=1S/C15H21FN2O3.C2H4O2/c1-15(2,3)21-14(19)18-8-6-12(7-9-18)20-13-5-4-11(16)10-17-13;1-4-2-3/h4-5,10,12H,6-9H2,1-3H3;2H,1H3. The Balaban J connectivity index is 0.000000705. The van der Waals surface area contributed by atoms with Crippen molar-refractivity contribution in [2.75, 3.05) is 20.2 Å². The van der Waals surface area contributed by atoms with E-state index in [4.69, 9.17) is 14.3 Å². The Labute approximate surface area is 147 Å². The van der Waals surface area contributed by atoms with E-state index in [0.29, 0.717) is 38.3 Å². The minimum Gasteiger partial charge on any atom is -0.474 e. The maximum Gasteiger partial charge on any atom is 0.410 e. The van der Waals surface area contributed by atoms with Gasteiger partial charge >= 0.3 is 6.09 Å². The van der Waals surface area contributed by atoms with E-state index >= 15 is 0 Å². The summed E-state index contributed by atoms with van der Waals surface area (Å²) >= 11 is 0. The summed E-state index contributed by atoms with van der Waals surface area (Å²) in [6.45, 7) is 7.09. The lowest BCUT2D eigenvalue weighted by Gasteiger charge is -2.33. The number of hydrogen-bond donors (Lipinski definition) is 0. The molecule has 2 heterocycles. The van der Waals surface area contributed by atoms with Crippen LogP contribution in [-0.2, 0) is 14.3 Å². The Kier molecular flexibility index (Phi) is 8.10. The number of amides is 1. The van der Waals surface area contributed by atoms with E-state index in [2.05, 4.69) is 9.72 Å². The molecular formula is C17H25FN2O5. The number of halogens is 1. The normalized spacial score (nSPS) is 14.8. The Morgan fingerprint density at radius 1 is 1.32 bits per heavy atom. The lowest BCUT2D eigenvalue weighted by molar-refractivity contribution is -0.126. The monoisotopic (exact) mass is 356 g/mol. The molecular weight excluding hydrogens is 331 g/mol. The molecule has 0 aromatic carbocycles. The number of piperidine rings is 1. The lowest BCUT2D eigenvalue weighted by atomic mass is 10.1. The average molecular weight is 356 g/mol. The van der Waals surface area contributed by atoms with Gasteiger partial charge in [0, 0.05) is 32.0 Å². The molecule has 1 saturated heterocycles. The SMILES string of the molecule is CC(C)(C)OC(=O)N1CCC(Oc2ccc(F)cn2)CC1.COC=O. The van der Waals surface area contributed by atoms with Gasteiger partial charge in [0.1, 0.15) is 17.5 Å². The van der Waals surface area contributed by atoms with Crippen molar-refractivity contribution in [2.24, 2.45) is 0 Å². The highest BCUT2D eigenvalue weighted by Gasteiger charge is 2.27. The Hall–Kier alpha value is -2.38. The molecule has 0 aliphatic carbocycles. The number of ether oxygens (including phenoxy) is 3. The highest BCUT2D eigenvalue weighted by molar-refractivity contribution is 5.68. The second-order valence-corrected chi connectivity index (χ2v) is 6.43. The molecule has 2 rings (SSSR count). The first-order valence-electron chi connectivity index (χ1n) is 7.97. The van der Waals surface area contributed by atoms with Gasteiger partial charge in [-0.1, -0.05) is 0 Å². The molecule has 8 heteroatoms. The third-order valence-electron chi connectivity index (χ3n) is 3.18. The zero-order valence-electron chi connectivity index (χ0n) is 15.0. The van der Waals surface area contributed by atoms with E-state index in [0.717, 1.165) is 6.20 Å². The minimum absolute atomic E-state index is 0.0124. The van der Waals surface area contributed by atoms with Crippen LogP contribution < -0.4 is 4.74 Å². The van der Waals surface area contributed by atoms with Crippen LogP contribution in [0, 0.1) is 5.82 Å². The first-order valence-corrected chi connectivity index (χ1v) is 7.97. The van der Waals surface area contributed by atoms with Crippen molar-refractivity contribution in [3.05, 3.63) is 24.1 Å². The number of rotatable bonds is 3. The van der Waals surface area contributed by atoms with E-state index in [1.807, 2.05) is 20.8 Å². The van der Waals surface area contributed by atoms with E-state index in [1.54, 1.807) is 4.90 Å². The number of hydrogen-bond acceptors (Lipinski definition) is 6. The van der Waals surface area contributed by atoms with Crippen molar-refractivity contribution in [3.8, 4) is 5.88 Å². The Morgan fingerprint density at radius 2 is 1.92 bits per heavy atom. The molecule has 7 nitrogen and oxygen atoms in total. The van der Waals surface area contributed by atoms with Gasteiger partial charge in [0.2, 0.25) is 5.88 Å². The van der Waals surface area contributed by atoms with E-state index in [9.17, 15) is 9.18 Å². The maximum absolute atomic E-state index is 12.8. The Morgan fingerprint density at radius 3 is 2.36 bits per heavy atom.